The van der Waals surface area contributed by atoms with Gasteiger partial charge in [0.25, 0.3) is 0 Å². The van der Waals surface area contributed by atoms with Crippen LogP contribution in [0.5, 0.6) is 0 Å². The summed E-state index contributed by atoms with van der Waals surface area (Å²) in [5.74, 6) is 7.68. The first-order chi connectivity index (χ1) is 25.1. The van der Waals surface area contributed by atoms with E-state index in [-0.39, 0.29) is 12.1 Å². The summed E-state index contributed by atoms with van der Waals surface area (Å²) in [6.07, 6.45) is 2.22. The number of hydrogen-bond donors (Lipinski definition) is 3. The maximum Gasteiger partial charge on any atom is 0.411 e. The van der Waals surface area contributed by atoms with Crippen molar-refractivity contribution in [2.75, 3.05) is 26.3 Å². The lowest BCUT2D eigenvalue weighted by molar-refractivity contribution is -0.0624. The second-order valence-electron chi connectivity index (χ2n) is 16.5. The highest BCUT2D eigenvalue weighted by atomic mass is 16.6. The average Bonchev–Trinajstić information content (AvgIpc) is 3.88. The van der Waals surface area contributed by atoms with Crippen molar-refractivity contribution >= 4 is 23.2 Å². The summed E-state index contributed by atoms with van der Waals surface area (Å²) in [5.41, 5.74) is 3.95. The van der Waals surface area contributed by atoms with Gasteiger partial charge in [-0.2, -0.15) is 0 Å². The number of ether oxygens (including phenoxy) is 3. The highest BCUT2D eigenvalue weighted by Gasteiger charge is 2.56. The smallest absolute Gasteiger partial charge is 0.411 e. The summed E-state index contributed by atoms with van der Waals surface area (Å²) >= 11 is 0. The molecular formula is C41H48N6O6. The minimum atomic E-state index is -0.874. The van der Waals surface area contributed by atoms with Crippen molar-refractivity contribution < 1.29 is 28.9 Å². The van der Waals surface area contributed by atoms with E-state index in [9.17, 15) is 14.7 Å². The van der Waals surface area contributed by atoms with Gasteiger partial charge in [-0.15, -0.1) is 0 Å². The van der Waals surface area contributed by atoms with E-state index in [2.05, 4.69) is 33.4 Å². The number of hydrogen-bond acceptors (Lipinski definition) is 8. The maximum atomic E-state index is 13.4. The van der Waals surface area contributed by atoms with E-state index in [1.165, 1.54) is 0 Å². The Morgan fingerprint density at radius 1 is 0.962 bits per heavy atom. The van der Waals surface area contributed by atoms with Gasteiger partial charge >= 0.3 is 12.2 Å². The molecule has 0 aliphatic carbocycles. The van der Waals surface area contributed by atoms with Gasteiger partial charge in [0.15, 0.2) is 0 Å². The molecule has 12 nitrogen and oxygen atoms in total. The van der Waals surface area contributed by atoms with E-state index < -0.39 is 34.9 Å². The van der Waals surface area contributed by atoms with Crippen LogP contribution in [0.3, 0.4) is 0 Å². The van der Waals surface area contributed by atoms with Gasteiger partial charge in [-0.05, 0) is 96.7 Å². The van der Waals surface area contributed by atoms with Crippen LogP contribution < -0.4 is 0 Å². The molecule has 0 unspecified atom stereocenters. The minimum Gasteiger partial charge on any atom is -0.444 e. The van der Waals surface area contributed by atoms with Gasteiger partial charge in [0.05, 0.1) is 41.7 Å². The lowest BCUT2D eigenvalue weighted by atomic mass is 9.78. The molecular weight excluding hydrogens is 672 g/mol. The van der Waals surface area contributed by atoms with E-state index in [0.717, 1.165) is 46.3 Å². The number of H-pyrrole nitrogens is 2. The first-order valence-corrected chi connectivity index (χ1v) is 18.2. The largest absolute Gasteiger partial charge is 0.444 e. The first-order valence-electron chi connectivity index (χ1n) is 18.2. The molecule has 5 heterocycles. The number of imidazole rings is 2. The van der Waals surface area contributed by atoms with Crippen LogP contribution in [0.2, 0.25) is 0 Å². The number of nitrogens with zero attached hydrogens (tertiary/aromatic N) is 4. The predicted octanol–water partition coefficient (Wildman–Crippen LogP) is 7.04. The second-order valence-corrected chi connectivity index (χ2v) is 16.5. The van der Waals surface area contributed by atoms with E-state index in [4.69, 9.17) is 19.2 Å². The second kappa shape index (κ2) is 13.7. The summed E-state index contributed by atoms with van der Waals surface area (Å²) < 4.78 is 17.2. The molecule has 3 aliphatic heterocycles. The molecule has 3 N–H and O–H groups in total. The van der Waals surface area contributed by atoms with Crippen LogP contribution in [-0.2, 0) is 14.2 Å². The number of rotatable bonds is 3. The summed E-state index contributed by atoms with van der Waals surface area (Å²) in [6.45, 7) is 16.9. The summed E-state index contributed by atoms with van der Waals surface area (Å²) in [6, 6.07) is 12.6. The van der Waals surface area contributed by atoms with E-state index in [1.807, 2.05) is 84.0 Å². The van der Waals surface area contributed by atoms with Crippen LogP contribution in [0, 0.1) is 17.3 Å². The molecule has 4 atom stereocenters. The molecule has 3 saturated heterocycles. The van der Waals surface area contributed by atoms with E-state index >= 15 is 0 Å². The van der Waals surface area contributed by atoms with Crippen LogP contribution in [0.15, 0.2) is 60.8 Å². The van der Waals surface area contributed by atoms with E-state index in [1.54, 1.807) is 16.0 Å². The molecule has 2 aromatic heterocycles. The number of carbonyl (C=O) groups excluding carboxylic acids is 2. The molecule has 2 aromatic carbocycles. The van der Waals surface area contributed by atoms with Crippen molar-refractivity contribution in [1.29, 1.82) is 0 Å². The lowest BCUT2D eigenvalue weighted by Gasteiger charge is -2.35. The fourth-order valence-electron chi connectivity index (χ4n) is 7.40. The van der Waals surface area contributed by atoms with E-state index in [0.29, 0.717) is 49.9 Å². The highest BCUT2D eigenvalue weighted by Crippen LogP contribution is 2.48. The van der Waals surface area contributed by atoms with Crippen LogP contribution in [0.4, 0.5) is 9.59 Å². The molecule has 0 saturated carbocycles. The number of nitrogens with one attached hydrogen (secondary N) is 2. The zero-order valence-corrected chi connectivity index (χ0v) is 31.3. The standard InChI is InChI=1S/C41H48N6O6/c1-25-19-32(46(22-25)37(49)52-39(2,3)4)35-42-21-31(45-35)28-14-11-26(12-15-28)9-10-27-13-16-29-30(20-27)44-36(43-29)33-34(48)41(17-8-18-51-24-41)23-47(33)38(50)53-40(5,6)7/h11-16,20-21,32-34,48H,1,8,17-19,22-24H2,2-7H3,(H,42,45)(H,43,44)/t32-,33-,34-,41-/m0/s1. The number of fused-ring (bicyclic) bond motifs is 1. The van der Waals surface area contributed by atoms with Crippen molar-refractivity contribution in [3.05, 3.63) is 83.6 Å². The number of aliphatic hydroxyl groups is 1. The van der Waals surface area contributed by atoms with Gasteiger partial charge in [0.1, 0.15) is 28.9 Å². The predicted molar refractivity (Wildman–Crippen MR) is 200 cm³/mol. The Kier molecular flexibility index (Phi) is 9.37. The molecule has 3 fully saturated rings. The van der Waals surface area contributed by atoms with Crippen LogP contribution >= 0.6 is 0 Å². The Labute approximate surface area is 309 Å². The Hall–Kier alpha value is -5.12. The van der Waals surface area contributed by atoms with Gasteiger partial charge in [-0.25, -0.2) is 19.6 Å². The van der Waals surface area contributed by atoms with Gasteiger partial charge < -0.3 is 29.3 Å². The van der Waals surface area contributed by atoms with Crippen molar-refractivity contribution in [2.45, 2.75) is 90.2 Å². The van der Waals surface area contributed by atoms with Crippen molar-refractivity contribution in [3.8, 4) is 23.1 Å². The molecule has 12 heteroatoms. The molecule has 0 radical (unpaired) electrons. The summed E-state index contributed by atoms with van der Waals surface area (Å²) in [4.78, 5) is 45.8. The molecule has 278 valence electrons. The Balaban J connectivity index is 1.07. The highest BCUT2D eigenvalue weighted by molar-refractivity contribution is 5.78. The fourth-order valence-corrected chi connectivity index (χ4v) is 7.40. The number of carbonyl (C=O) groups is 2. The van der Waals surface area contributed by atoms with Crippen LogP contribution in [-0.4, -0.2) is 90.6 Å². The first kappa shape index (κ1) is 36.2. The third-order valence-electron chi connectivity index (χ3n) is 9.85. The molecule has 7 rings (SSSR count). The third kappa shape index (κ3) is 7.68. The normalized spacial score (nSPS) is 23.4. The van der Waals surface area contributed by atoms with Gasteiger partial charge in [0, 0.05) is 36.2 Å². The third-order valence-corrected chi connectivity index (χ3v) is 9.85. The number of likely N-dealkylation sites (tertiary alicyclic amines) is 2. The van der Waals surface area contributed by atoms with Crippen molar-refractivity contribution in [3.63, 3.8) is 0 Å². The van der Waals surface area contributed by atoms with Crippen LogP contribution in [0.25, 0.3) is 22.3 Å². The number of benzene rings is 2. The Morgan fingerprint density at radius 2 is 1.64 bits per heavy atom. The monoisotopic (exact) mass is 720 g/mol. The van der Waals surface area contributed by atoms with Gasteiger partial charge in [-0.1, -0.05) is 36.1 Å². The Bertz CT molecular complexity index is 2090. The number of aliphatic hydroxyl groups excluding tert-OH is 1. The fraction of sp³-hybridized carbons (Fsp3) is 0.463. The zero-order valence-electron chi connectivity index (χ0n) is 31.3. The molecule has 1 spiro atoms. The topological polar surface area (TPSA) is 146 Å². The SMILES string of the molecule is C=C1C[C@@H](c2ncc(-c3ccc(C#Cc4ccc5nc([C@@H]6[C@H](O)[C@@]7(CCCOC7)CN6C(=O)OC(C)(C)C)[nH]c5c4)cc3)[nH]2)N(C(=O)OC(C)(C)C)C1. The number of aromatic nitrogens is 4. The molecule has 4 aromatic rings. The summed E-state index contributed by atoms with van der Waals surface area (Å²) in [7, 11) is 0. The molecule has 0 bridgehead atoms. The van der Waals surface area contributed by atoms with Crippen molar-refractivity contribution in [1.82, 2.24) is 29.7 Å². The van der Waals surface area contributed by atoms with Gasteiger partial charge in [-0.3, -0.25) is 9.80 Å². The van der Waals surface area contributed by atoms with Crippen LogP contribution in [0.1, 0.15) is 95.7 Å². The summed E-state index contributed by atoms with van der Waals surface area (Å²) in [5, 5.41) is 11.7. The van der Waals surface area contributed by atoms with Gasteiger partial charge in [0.2, 0.25) is 0 Å². The molecule has 53 heavy (non-hydrogen) atoms. The number of amides is 2. The molecule has 2 amide bonds. The number of aromatic amines is 2. The Morgan fingerprint density at radius 3 is 2.32 bits per heavy atom. The zero-order chi connectivity index (χ0) is 37.7. The van der Waals surface area contributed by atoms with Crippen molar-refractivity contribution in [2.24, 2.45) is 5.41 Å². The maximum absolute atomic E-state index is 13.4. The quantitative estimate of drug-likeness (QED) is 0.151. The lowest BCUT2D eigenvalue weighted by Crippen LogP contribution is -2.42. The average molecular weight is 721 g/mol. The molecule has 3 aliphatic rings. The minimum absolute atomic E-state index is 0.269.